The normalized spacial score (nSPS) is 12.5. The SMILES string of the molecule is CCCCCCC(CCCCCC)c1c2nc(c(C(CCCCCC)CCCCCC)c3ccc([nH]3)c(-c3ccc(C#Cc4ccc(-c5c6ccc([nH]6)c(C(CCCCCC)CCCCCC)c6nc(c(C(CCCCCC)CCCCCC)c7nc(c(C(CCCCCC)CCCCCC)c8ccc5[nH]8)C=C7)C=C6)cc4)cc3)c3ccc([nH]3)c(C(CCCCCC)CCCCCC)c3nc1C=C3)C=C2. The molecule has 2 aromatic carbocycles. The van der Waals surface area contributed by atoms with E-state index in [9.17, 15) is 0 Å². The number of aromatic amines is 4. The van der Waals surface area contributed by atoms with Crippen LogP contribution in [0, 0.1) is 11.8 Å². The average Bonchev–Trinajstić information content (AvgIpc) is 1.62. The van der Waals surface area contributed by atoms with Gasteiger partial charge in [0.15, 0.2) is 0 Å². The van der Waals surface area contributed by atoms with E-state index < -0.39 is 0 Å². The summed E-state index contributed by atoms with van der Waals surface area (Å²) in [6, 6.07) is 37.8. The second kappa shape index (κ2) is 62.0. The number of nitrogens with zero attached hydrogens (tertiary/aromatic N) is 4. The summed E-state index contributed by atoms with van der Waals surface area (Å²) in [5.41, 5.74) is 33.3. The van der Waals surface area contributed by atoms with E-state index >= 15 is 0 Å². The predicted octanol–water partition coefficient (Wildman–Crippen LogP) is 42.5. The summed E-state index contributed by atoms with van der Waals surface area (Å²) in [5.74, 6) is 9.62. The summed E-state index contributed by atoms with van der Waals surface area (Å²) in [6.45, 7) is 28.3. The van der Waals surface area contributed by atoms with Crippen molar-refractivity contribution in [3.63, 3.8) is 0 Å². The minimum atomic E-state index is 0.353. The average molecular weight is 1890 g/mol. The topological polar surface area (TPSA) is 115 Å². The van der Waals surface area contributed by atoms with Crippen LogP contribution in [0.4, 0.5) is 0 Å². The van der Waals surface area contributed by atoms with Gasteiger partial charge in [-0.15, -0.1) is 0 Å². The van der Waals surface area contributed by atoms with E-state index in [4.69, 9.17) is 19.9 Å². The number of H-pyrrole nitrogens is 4. The fourth-order valence-electron chi connectivity index (χ4n) is 23.7. The van der Waals surface area contributed by atoms with Crippen molar-refractivity contribution in [1.29, 1.82) is 0 Å². The number of hydrogen-bond donors (Lipinski definition) is 4. The Hall–Kier alpha value is -8.80. The van der Waals surface area contributed by atoms with Gasteiger partial charge < -0.3 is 19.9 Å². The number of hydrogen-bond acceptors (Lipinski definition) is 4. The largest absolute Gasteiger partial charge is 0.355 e. The van der Waals surface area contributed by atoms with Gasteiger partial charge in [-0.2, -0.15) is 0 Å². The highest BCUT2D eigenvalue weighted by Gasteiger charge is 2.31. The summed E-state index contributed by atoms with van der Waals surface area (Å²) in [5, 5.41) is 0. The number of nitrogens with one attached hydrogen (secondary N) is 4. The third-order valence-electron chi connectivity index (χ3n) is 31.8. The molecule has 8 nitrogen and oxygen atoms in total. The Morgan fingerprint density at radius 1 is 0.171 bits per heavy atom. The molecule has 0 amide bonds. The van der Waals surface area contributed by atoms with E-state index in [-0.39, 0.29) is 0 Å². The van der Waals surface area contributed by atoms with E-state index in [2.05, 4.69) is 261 Å². The fraction of sp³-hybridized carbons (Fsp3) is 0.591. The highest BCUT2D eigenvalue weighted by Crippen LogP contribution is 2.47. The number of aromatic nitrogens is 8. The third-order valence-corrected chi connectivity index (χ3v) is 31.8. The molecular weight excluding hydrogens is 1700 g/mol. The summed E-state index contributed by atoms with van der Waals surface area (Å²) in [7, 11) is 0. The summed E-state index contributed by atoms with van der Waals surface area (Å²) < 4.78 is 0. The molecule has 8 aromatic rings. The maximum absolute atomic E-state index is 6.06. The van der Waals surface area contributed by atoms with E-state index in [1.54, 1.807) is 0 Å². The molecule has 0 atom stereocenters. The number of rotatable bonds is 68. The van der Waals surface area contributed by atoms with Crippen LogP contribution in [-0.2, 0) is 0 Å². The highest BCUT2D eigenvalue weighted by atomic mass is 14.8. The van der Waals surface area contributed by atoms with Crippen molar-refractivity contribution < 1.29 is 0 Å². The van der Waals surface area contributed by atoms with Crippen molar-refractivity contribution in [3.8, 4) is 34.1 Å². The van der Waals surface area contributed by atoms with Crippen LogP contribution in [0.2, 0.25) is 0 Å². The molecule has 0 fully saturated rings. The molecule has 16 bridgehead atoms. The van der Waals surface area contributed by atoms with Gasteiger partial charge in [0.25, 0.3) is 0 Å². The Balaban J connectivity index is 1.04. The van der Waals surface area contributed by atoms with Crippen LogP contribution in [-0.4, -0.2) is 39.9 Å². The van der Waals surface area contributed by atoms with Crippen molar-refractivity contribution >= 4 is 92.7 Å². The first kappa shape index (κ1) is 110. The molecule has 12 rings (SSSR count). The van der Waals surface area contributed by atoms with Crippen LogP contribution in [0.25, 0.3) is 115 Å². The van der Waals surface area contributed by atoms with Gasteiger partial charge in [0.2, 0.25) is 0 Å². The van der Waals surface area contributed by atoms with Gasteiger partial charge in [-0.25, -0.2) is 19.9 Å². The summed E-state index contributed by atoms with van der Waals surface area (Å²) >= 11 is 0. The van der Waals surface area contributed by atoms with E-state index in [0.717, 1.165) is 141 Å². The lowest BCUT2D eigenvalue weighted by Gasteiger charge is -2.20. The monoisotopic (exact) mass is 1890 g/mol. The molecule has 758 valence electrons. The molecule has 140 heavy (non-hydrogen) atoms. The van der Waals surface area contributed by atoms with Crippen LogP contribution in [0.15, 0.2) is 97.1 Å². The zero-order chi connectivity index (χ0) is 98.1. The predicted molar refractivity (Wildman–Crippen MR) is 616 cm³/mol. The Morgan fingerprint density at radius 3 is 0.486 bits per heavy atom. The minimum Gasteiger partial charge on any atom is -0.355 e. The molecule has 0 unspecified atom stereocenters. The first-order chi connectivity index (χ1) is 69.0. The highest BCUT2D eigenvalue weighted by molar-refractivity contribution is 5.97. The van der Waals surface area contributed by atoms with E-state index in [0.29, 0.717) is 35.5 Å². The van der Waals surface area contributed by atoms with Crippen molar-refractivity contribution in [2.45, 2.75) is 504 Å². The second-order valence-corrected chi connectivity index (χ2v) is 43.0. The molecular formula is C132H190N8. The molecule has 0 saturated heterocycles. The van der Waals surface area contributed by atoms with Gasteiger partial charge in [-0.05, 0) is 245 Å². The Kier molecular flexibility index (Phi) is 48.7. The van der Waals surface area contributed by atoms with E-state index in [1.165, 1.54) is 400 Å². The van der Waals surface area contributed by atoms with Gasteiger partial charge in [-0.3, -0.25) is 0 Å². The van der Waals surface area contributed by atoms with Crippen LogP contribution < -0.4 is 0 Å². The van der Waals surface area contributed by atoms with Gasteiger partial charge >= 0.3 is 0 Å². The molecule has 0 saturated carbocycles. The lowest BCUT2D eigenvalue weighted by Crippen LogP contribution is -2.07. The summed E-state index contributed by atoms with van der Waals surface area (Å²) in [4.78, 5) is 41.4. The quantitative estimate of drug-likeness (QED) is 0.0225. The standard InChI is InChI=1S/C132H190N8/c1-13-25-37-49-61-101(62-50-38-26-14-2)125-109-83-87-113(133-109)127(103(65-53-41-29-17-5)66-54-42-30-18-6)117-91-95-121(137-117)131(122-96-92-118(138-122)128(114-88-84-110(125)134-114)104(67-55-43-31-19-7)68-56-44-32-20-8)107-79-75-99(76-80-107)73-74-100-77-81-108(82-78-100)132-123-97-93-119(139-123)129(105(69-57-45-33-21-9)70-58-46-34-22-10)115-89-85-111(135-115)126(102(63-51-39-27-15-3)64-52-40-28-16-4)112-86-90-116(136-112)130(120-94-98-124(132)140-120)106(71-59-47-35-23-11)72-60-48-36-24-12/h75-98,101-106,137-140H,13-72H2,1-12H3. The molecule has 6 aromatic heterocycles. The maximum Gasteiger partial charge on any atom is 0.0694 e. The lowest BCUT2D eigenvalue weighted by molar-refractivity contribution is 0.493. The molecule has 4 N–H and O–H groups in total. The van der Waals surface area contributed by atoms with Crippen LogP contribution in [0.3, 0.4) is 0 Å². The third kappa shape index (κ3) is 32.4. The molecule has 4 aliphatic rings. The van der Waals surface area contributed by atoms with E-state index in [1.807, 2.05) is 0 Å². The lowest BCUT2D eigenvalue weighted by atomic mass is 9.86. The fourth-order valence-corrected chi connectivity index (χ4v) is 23.7. The van der Waals surface area contributed by atoms with Crippen molar-refractivity contribution in [3.05, 3.63) is 187 Å². The Bertz CT molecular complexity index is 4870. The first-order valence-corrected chi connectivity index (χ1v) is 59.1. The Morgan fingerprint density at radius 2 is 0.321 bits per heavy atom. The zero-order valence-corrected chi connectivity index (χ0v) is 90.5. The molecule has 0 radical (unpaired) electrons. The molecule has 4 aliphatic heterocycles. The van der Waals surface area contributed by atoms with Gasteiger partial charge in [-0.1, -0.05) is 427 Å². The minimum absolute atomic E-state index is 0.353. The number of fused-ring (bicyclic) bond motifs is 16. The van der Waals surface area contributed by atoms with Gasteiger partial charge in [0.1, 0.15) is 0 Å². The molecule has 0 spiro atoms. The zero-order valence-electron chi connectivity index (χ0n) is 90.5. The van der Waals surface area contributed by atoms with Crippen LogP contribution in [0.5, 0.6) is 0 Å². The molecule has 10 heterocycles. The van der Waals surface area contributed by atoms with Gasteiger partial charge in [0.05, 0.1) is 45.6 Å². The van der Waals surface area contributed by atoms with Gasteiger partial charge in [0, 0.05) is 99.8 Å². The molecule has 8 heteroatoms. The van der Waals surface area contributed by atoms with Crippen LogP contribution >= 0.6 is 0 Å². The van der Waals surface area contributed by atoms with Crippen molar-refractivity contribution in [2.24, 2.45) is 0 Å². The maximum atomic E-state index is 6.06. The number of unbranched alkanes of at least 4 members (excludes halogenated alkanes) is 36. The first-order valence-electron chi connectivity index (χ1n) is 59.1. The molecule has 0 aliphatic carbocycles. The number of benzene rings is 2. The van der Waals surface area contributed by atoms with Crippen molar-refractivity contribution in [2.75, 3.05) is 0 Å². The smallest absolute Gasteiger partial charge is 0.0694 e. The van der Waals surface area contributed by atoms with Crippen LogP contribution in [0.1, 0.15) is 594 Å². The second-order valence-electron chi connectivity index (χ2n) is 43.0. The van der Waals surface area contributed by atoms with Crippen molar-refractivity contribution in [1.82, 2.24) is 39.9 Å². The summed E-state index contributed by atoms with van der Waals surface area (Å²) in [6.07, 6.45) is 93.3. The Labute approximate surface area is 852 Å².